The summed E-state index contributed by atoms with van der Waals surface area (Å²) in [6.45, 7) is 0. The molecule has 5 rings (SSSR count). The van der Waals surface area contributed by atoms with Crippen LogP contribution in [-0.4, -0.2) is 16.0 Å². The number of aliphatic hydroxyl groups is 1. The molecule has 162 valence electrons. The van der Waals surface area contributed by atoms with Crippen molar-refractivity contribution in [1.29, 1.82) is 5.41 Å². The standard InChI is InChI=1S/C27H20IN3OS/c28-22-12-6-9-19(15-22)24-23(16-29)26(33)30-27(32,21-10-2-1-3-11-21)25(24)31-14-13-18-7-4-5-8-20(18)17-31/h1-15,17,24-25,29,32H/p+1. The molecule has 0 bridgehead atoms. The summed E-state index contributed by atoms with van der Waals surface area (Å²) in [6, 6.07) is 27.3. The van der Waals surface area contributed by atoms with E-state index in [1.165, 1.54) is 0 Å². The summed E-state index contributed by atoms with van der Waals surface area (Å²) >= 11 is 7.95. The second-order valence-corrected chi connectivity index (χ2v) is 9.78. The molecule has 2 heterocycles. The van der Waals surface area contributed by atoms with Gasteiger partial charge in [0, 0.05) is 20.6 Å². The molecule has 4 nitrogen and oxygen atoms in total. The lowest BCUT2D eigenvalue weighted by Gasteiger charge is -2.43. The number of nitrogens with zero attached hydrogens (tertiary/aromatic N) is 1. The molecule has 1 aliphatic heterocycles. The van der Waals surface area contributed by atoms with E-state index in [1.54, 1.807) is 0 Å². The molecule has 1 fully saturated rings. The van der Waals surface area contributed by atoms with Gasteiger partial charge in [0.15, 0.2) is 12.4 Å². The molecule has 0 saturated carbocycles. The van der Waals surface area contributed by atoms with E-state index in [-0.39, 0.29) is 5.92 Å². The Labute approximate surface area is 211 Å². The third-order valence-corrected chi connectivity index (χ3v) is 7.18. The third kappa shape index (κ3) is 3.89. The van der Waals surface area contributed by atoms with Gasteiger partial charge < -0.3 is 10.4 Å². The molecule has 3 unspecified atom stereocenters. The number of benzene rings is 3. The van der Waals surface area contributed by atoms with E-state index in [0.29, 0.717) is 16.1 Å². The first kappa shape index (κ1) is 21.9. The SMILES string of the molecule is N=C=C1C(=S)NC(O)(c2ccccc2)C([n+]2ccc3ccccc3c2)C1c1cccc(I)c1. The van der Waals surface area contributed by atoms with Crippen LogP contribution in [0.3, 0.4) is 0 Å². The summed E-state index contributed by atoms with van der Waals surface area (Å²) in [4.78, 5) is 0.331. The van der Waals surface area contributed by atoms with Crippen LogP contribution in [0.25, 0.3) is 10.8 Å². The maximum Gasteiger partial charge on any atom is 0.227 e. The van der Waals surface area contributed by atoms with Crippen LogP contribution < -0.4 is 9.88 Å². The number of pyridine rings is 1. The van der Waals surface area contributed by atoms with E-state index >= 15 is 0 Å². The summed E-state index contributed by atoms with van der Waals surface area (Å²) in [6.07, 6.45) is 4.03. The molecule has 0 aliphatic carbocycles. The van der Waals surface area contributed by atoms with Gasteiger partial charge in [0.25, 0.3) is 0 Å². The number of rotatable bonds is 3. The van der Waals surface area contributed by atoms with Crippen LogP contribution in [0.5, 0.6) is 0 Å². The predicted octanol–water partition coefficient (Wildman–Crippen LogP) is 5.01. The molecule has 0 radical (unpaired) electrons. The lowest BCUT2D eigenvalue weighted by molar-refractivity contribution is -0.742. The van der Waals surface area contributed by atoms with Gasteiger partial charge in [0.05, 0.1) is 11.5 Å². The van der Waals surface area contributed by atoms with Crippen LogP contribution in [0, 0.1) is 8.98 Å². The van der Waals surface area contributed by atoms with Gasteiger partial charge >= 0.3 is 0 Å². The van der Waals surface area contributed by atoms with Gasteiger partial charge in [0.1, 0.15) is 4.99 Å². The quantitative estimate of drug-likeness (QED) is 0.108. The zero-order chi connectivity index (χ0) is 23.0. The predicted molar refractivity (Wildman–Crippen MR) is 142 cm³/mol. The number of nitrogens with one attached hydrogen (secondary N) is 2. The van der Waals surface area contributed by atoms with Gasteiger partial charge in [-0.1, -0.05) is 72.9 Å². The van der Waals surface area contributed by atoms with Gasteiger partial charge in [-0.05, 0) is 57.6 Å². The van der Waals surface area contributed by atoms with Crippen LogP contribution in [0.4, 0.5) is 0 Å². The highest BCUT2D eigenvalue weighted by molar-refractivity contribution is 14.1. The van der Waals surface area contributed by atoms with Gasteiger partial charge in [-0.2, -0.15) is 4.57 Å². The fraction of sp³-hybridized carbons (Fsp3) is 0.111. The molecular formula is C27H21IN3OS+. The minimum absolute atomic E-state index is 0.331. The number of thiocarbonyl (C=S) groups is 1. The molecule has 33 heavy (non-hydrogen) atoms. The van der Waals surface area contributed by atoms with Crippen molar-refractivity contribution in [2.24, 2.45) is 0 Å². The second-order valence-electron chi connectivity index (χ2n) is 8.12. The maximum absolute atomic E-state index is 12.3. The molecule has 6 heteroatoms. The van der Waals surface area contributed by atoms with Crippen molar-refractivity contribution in [3.63, 3.8) is 0 Å². The molecular weight excluding hydrogens is 541 g/mol. The molecule has 0 spiro atoms. The molecule has 1 aromatic heterocycles. The summed E-state index contributed by atoms with van der Waals surface area (Å²) in [5.41, 5.74) is 0.731. The smallest absolute Gasteiger partial charge is 0.227 e. The Morgan fingerprint density at radius 3 is 2.42 bits per heavy atom. The van der Waals surface area contributed by atoms with E-state index in [2.05, 4.69) is 52.0 Å². The summed E-state index contributed by atoms with van der Waals surface area (Å²) < 4.78 is 3.11. The average molecular weight is 562 g/mol. The van der Waals surface area contributed by atoms with Crippen LogP contribution in [-0.2, 0) is 5.72 Å². The Hall–Kier alpha value is -2.90. The zero-order valence-corrected chi connectivity index (χ0v) is 20.5. The number of hydrogen-bond acceptors (Lipinski definition) is 3. The van der Waals surface area contributed by atoms with Crippen molar-refractivity contribution in [3.05, 3.63) is 118 Å². The van der Waals surface area contributed by atoms with E-state index in [1.807, 2.05) is 83.7 Å². The molecule has 3 aromatic carbocycles. The molecule has 3 atom stereocenters. The summed E-state index contributed by atoms with van der Waals surface area (Å²) in [5.74, 6) is 2.20. The molecule has 1 saturated heterocycles. The van der Waals surface area contributed by atoms with Crippen molar-refractivity contribution < 1.29 is 9.67 Å². The van der Waals surface area contributed by atoms with E-state index in [9.17, 15) is 5.11 Å². The summed E-state index contributed by atoms with van der Waals surface area (Å²) in [7, 11) is 0. The topological polar surface area (TPSA) is 60.0 Å². The van der Waals surface area contributed by atoms with Gasteiger partial charge in [-0.15, -0.1) is 0 Å². The molecule has 1 aliphatic rings. The van der Waals surface area contributed by atoms with Crippen LogP contribution >= 0.6 is 34.8 Å². The molecule has 4 aromatic rings. The maximum atomic E-state index is 12.3. The van der Waals surface area contributed by atoms with Crippen molar-refractivity contribution in [1.82, 2.24) is 5.32 Å². The third-order valence-electron chi connectivity index (χ3n) is 6.19. The van der Waals surface area contributed by atoms with Crippen molar-refractivity contribution >= 4 is 56.4 Å². The molecule has 0 amide bonds. The number of piperidine rings is 1. The zero-order valence-electron chi connectivity index (χ0n) is 17.6. The highest BCUT2D eigenvalue weighted by Crippen LogP contribution is 2.45. The van der Waals surface area contributed by atoms with Crippen LogP contribution in [0.15, 0.2) is 103 Å². The number of aromatic nitrogens is 1. The number of hydrogen-bond donors (Lipinski definition) is 3. The van der Waals surface area contributed by atoms with Gasteiger partial charge in [-0.25, -0.2) is 0 Å². The lowest BCUT2D eigenvalue weighted by atomic mass is 9.74. The van der Waals surface area contributed by atoms with Crippen LogP contribution in [0.2, 0.25) is 0 Å². The highest BCUT2D eigenvalue weighted by atomic mass is 127. The normalized spacial score (nSPS) is 22.6. The fourth-order valence-electron chi connectivity index (χ4n) is 4.68. The average Bonchev–Trinajstić information content (AvgIpc) is 2.84. The first-order valence-corrected chi connectivity index (χ1v) is 12.0. The highest BCUT2D eigenvalue weighted by Gasteiger charge is 2.56. The first-order chi connectivity index (χ1) is 16.0. The largest absolute Gasteiger partial charge is 0.362 e. The Bertz CT molecular complexity index is 1420. The Kier molecular flexibility index (Phi) is 5.85. The van der Waals surface area contributed by atoms with Crippen molar-refractivity contribution in [2.75, 3.05) is 0 Å². The number of fused-ring (bicyclic) bond motifs is 1. The van der Waals surface area contributed by atoms with E-state index < -0.39 is 11.8 Å². The van der Waals surface area contributed by atoms with Gasteiger partial charge in [-0.3, -0.25) is 5.41 Å². The van der Waals surface area contributed by atoms with E-state index in [4.69, 9.17) is 17.6 Å². The Balaban J connectivity index is 1.81. The monoisotopic (exact) mass is 562 g/mol. The fourth-order valence-corrected chi connectivity index (χ4v) is 5.59. The van der Waals surface area contributed by atoms with E-state index in [0.717, 1.165) is 19.9 Å². The van der Waals surface area contributed by atoms with Crippen LogP contribution in [0.1, 0.15) is 23.1 Å². The Morgan fingerprint density at radius 2 is 1.70 bits per heavy atom. The number of halogens is 1. The first-order valence-electron chi connectivity index (χ1n) is 10.6. The molecule has 3 N–H and O–H groups in total. The minimum Gasteiger partial charge on any atom is -0.362 e. The second kappa shape index (κ2) is 8.80. The van der Waals surface area contributed by atoms with Gasteiger partial charge in [0.2, 0.25) is 11.8 Å². The van der Waals surface area contributed by atoms with Crippen molar-refractivity contribution in [3.8, 4) is 0 Å². The Morgan fingerprint density at radius 1 is 0.970 bits per heavy atom. The summed E-state index contributed by atoms with van der Waals surface area (Å²) in [5, 5.41) is 25.7. The minimum atomic E-state index is -1.50. The van der Waals surface area contributed by atoms with Crippen molar-refractivity contribution in [2.45, 2.75) is 17.7 Å². The lowest BCUT2D eigenvalue weighted by Crippen LogP contribution is -2.65.